The van der Waals surface area contributed by atoms with E-state index in [9.17, 15) is 9.59 Å². The van der Waals surface area contributed by atoms with Gasteiger partial charge < -0.3 is 10.0 Å². The molecule has 112 valence electrons. The first-order valence-electron chi connectivity index (χ1n) is 7.10. The second-order valence-corrected chi connectivity index (χ2v) is 5.88. The maximum absolute atomic E-state index is 12.4. The van der Waals surface area contributed by atoms with E-state index in [4.69, 9.17) is 5.11 Å². The van der Waals surface area contributed by atoms with Crippen LogP contribution >= 0.6 is 11.3 Å². The number of carbonyl (C=O) groups is 2. The Bertz CT molecular complexity index is 411. The molecule has 0 saturated heterocycles. The molecule has 0 spiro atoms. The maximum atomic E-state index is 12.4. The first kappa shape index (κ1) is 16.9. The van der Waals surface area contributed by atoms with Gasteiger partial charge in [-0.25, -0.2) is 0 Å². The fourth-order valence-electron chi connectivity index (χ4n) is 2.31. The minimum Gasteiger partial charge on any atom is -0.481 e. The summed E-state index contributed by atoms with van der Waals surface area (Å²) in [5.41, 5.74) is 0. The molecular weight excluding hydrogens is 274 g/mol. The smallest absolute Gasteiger partial charge is 0.304 e. The van der Waals surface area contributed by atoms with Crippen LogP contribution in [0, 0.1) is 5.92 Å². The molecule has 4 nitrogen and oxygen atoms in total. The Hall–Kier alpha value is -1.20. The molecule has 0 aliphatic carbocycles. The molecule has 0 fully saturated rings. The third kappa shape index (κ3) is 5.43. The Labute approximate surface area is 124 Å². The van der Waals surface area contributed by atoms with Crippen LogP contribution in [-0.4, -0.2) is 41.4 Å². The van der Waals surface area contributed by atoms with Crippen molar-refractivity contribution in [1.82, 2.24) is 4.90 Å². The zero-order valence-corrected chi connectivity index (χ0v) is 13.0. The van der Waals surface area contributed by atoms with Crippen molar-refractivity contribution in [3.8, 4) is 0 Å². The largest absolute Gasteiger partial charge is 0.481 e. The lowest BCUT2D eigenvalue weighted by atomic mass is 9.98. The quantitative estimate of drug-likeness (QED) is 0.674. The van der Waals surface area contributed by atoms with Crippen molar-refractivity contribution >= 4 is 23.1 Å². The van der Waals surface area contributed by atoms with E-state index < -0.39 is 11.9 Å². The van der Waals surface area contributed by atoms with Gasteiger partial charge in [-0.1, -0.05) is 19.9 Å². The van der Waals surface area contributed by atoms with Crippen LogP contribution in [-0.2, 0) is 4.79 Å². The fourth-order valence-corrected chi connectivity index (χ4v) is 3.05. The van der Waals surface area contributed by atoms with Gasteiger partial charge in [0.15, 0.2) is 5.78 Å². The van der Waals surface area contributed by atoms with Gasteiger partial charge >= 0.3 is 5.97 Å². The fraction of sp³-hybridized carbons (Fsp3) is 0.600. The van der Waals surface area contributed by atoms with Crippen LogP contribution in [0.2, 0.25) is 0 Å². The van der Waals surface area contributed by atoms with Crippen molar-refractivity contribution in [3.05, 3.63) is 22.4 Å². The molecule has 1 unspecified atom stereocenters. The van der Waals surface area contributed by atoms with E-state index in [0.29, 0.717) is 11.4 Å². The highest BCUT2D eigenvalue weighted by molar-refractivity contribution is 7.12. The van der Waals surface area contributed by atoms with Crippen LogP contribution in [0.4, 0.5) is 0 Å². The van der Waals surface area contributed by atoms with Crippen molar-refractivity contribution in [2.24, 2.45) is 5.92 Å². The summed E-state index contributed by atoms with van der Waals surface area (Å²) < 4.78 is 0. The van der Waals surface area contributed by atoms with Gasteiger partial charge in [0.1, 0.15) is 0 Å². The molecule has 20 heavy (non-hydrogen) atoms. The summed E-state index contributed by atoms with van der Waals surface area (Å²) in [6, 6.07) is 3.59. The first-order chi connectivity index (χ1) is 9.58. The molecule has 1 rings (SSSR count). The molecule has 1 atom stereocenters. The number of rotatable bonds is 10. The third-order valence-corrected chi connectivity index (χ3v) is 4.00. The number of aliphatic carboxylic acids is 1. The zero-order chi connectivity index (χ0) is 15.0. The highest BCUT2D eigenvalue weighted by Gasteiger charge is 2.25. The van der Waals surface area contributed by atoms with Crippen LogP contribution in [0.3, 0.4) is 0 Å². The average Bonchev–Trinajstić information content (AvgIpc) is 2.91. The molecule has 0 radical (unpaired) electrons. The lowest BCUT2D eigenvalue weighted by Gasteiger charge is -2.25. The zero-order valence-electron chi connectivity index (χ0n) is 12.2. The molecule has 0 aromatic carbocycles. The molecule has 0 aliphatic rings. The Morgan fingerprint density at radius 1 is 1.30 bits per heavy atom. The Morgan fingerprint density at radius 3 is 2.40 bits per heavy atom. The number of nitrogens with zero attached hydrogens (tertiary/aromatic N) is 1. The van der Waals surface area contributed by atoms with E-state index in [-0.39, 0.29) is 12.2 Å². The summed E-state index contributed by atoms with van der Waals surface area (Å²) in [6.45, 7) is 6.53. The maximum Gasteiger partial charge on any atom is 0.304 e. The van der Waals surface area contributed by atoms with Gasteiger partial charge in [-0.3, -0.25) is 9.59 Å². The standard InChI is InChI=1S/C15H23NO3S/c1-3-7-16(8-4-2)11-12(10-14(17)18)15(19)13-6-5-9-20-13/h5-6,9,12H,3-4,7-8,10-11H2,1-2H3,(H,17,18). The van der Waals surface area contributed by atoms with Crippen molar-refractivity contribution in [2.45, 2.75) is 33.1 Å². The monoisotopic (exact) mass is 297 g/mol. The summed E-state index contributed by atoms with van der Waals surface area (Å²) in [5.74, 6) is -1.41. The molecule has 1 aromatic rings. The summed E-state index contributed by atoms with van der Waals surface area (Å²) >= 11 is 1.38. The third-order valence-electron chi connectivity index (χ3n) is 3.11. The summed E-state index contributed by atoms with van der Waals surface area (Å²) in [6.07, 6.45) is 1.92. The van der Waals surface area contributed by atoms with E-state index in [0.717, 1.165) is 25.9 Å². The summed E-state index contributed by atoms with van der Waals surface area (Å²) in [5, 5.41) is 10.9. The van der Waals surface area contributed by atoms with Crippen molar-refractivity contribution in [1.29, 1.82) is 0 Å². The minimum atomic E-state index is -0.909. The highest BCUT2D eigenvalue weighted by atomic mass is 32.1. The SMILES string of the molecule is CCCN(CCC)CC(CC(=O)O)C(=O)c1cccs1. The Kier molecular flexibility index (Phi) is 7.47. The second-order valence-electron chi connectivity index (χ2n) is 4.94. The molecule has 5 heteroatoms. The number of carbonyl (C=O) groups excluding carboxylic acids is 1. The predicted molar refractivity (Wildman–Crippen MR) is 81.4 cm³/mol. The van der Waals surface area contributed by atoms with E-state index in [2.05, 4.69) is 18.7 Å². The number of hydrogen-bond donors (Lipinski definition) is 1. The summed E-state index contributed by atoms with van der Waals surface area (Å²) in [7, 11) is 0. The lowest BCUT2D eigenvalue weighted by molar-refractivity contribution is -0.137. The van der Waals surface area contributed by atoms with Gasteiger partial charge in [-0.05, 0) is 37.4 Å². The van der Waals surface area contributed by atoms with Crippen LogP contribution in [0.1, 0.15) is 42.8 Å². The second kappa shape index (κ2) is 8.87. The van der Waals surface area contributed by atoms with Gasteiger partial charge in [0.2, 0.25) is 0 Å². The highest BCUT2D eigenvalue weighted by Crippen LogP contribution is 2.19. The van der Waals surface area contributed by atoms with Gasteiger partial charge in [-0.2, -0.15) is 0 Å². The average molecular weight is 297 g/mol. The molecule has 1 heterocycles. The van der Waals surface area contributed by atoms with E-state index >= 15 is 0 Å². The number of carboxylic acid groups (broad SMARTS) is 1. The number of Topliss-reactive ketones (excluding diaryl/α,β-unsaturated/α-hetero) is 1. The molecule has 0 saturated carbocycles. The topological polar surface area (TPSA) is 57.6 Å². The molecular formula is C15H23NO3S. The molecule has 1 N–H and O–H groups in total. The van der Waals surface area contributed by atoms with E-state index in [1.807, 2.05) is 11.4 Å². The van der Waals surface area contributed by atoms with Gasteiger partial charge in [0.05, 0.1) is 11.3 Å². The van der Waals surface area contributed by atoms with Gasteiger partial charge in [0, 0.05) is 12.5 Å². The van der Waals surface area contributed by atoms with Crippen molar-refractivity contribution < 1.29 is 14.7 Å². The number of carboxylic acids is 1. The number of hydrogen-bond acceptors (Lipinski definition) is 4. The van der Waals surface area contributed by atoms with Crippen molar-refractivity contribution in [2.75, 3.05) is 19.6 Å². The van der Waals surface area contributed by atoms with Gasteiger partial charge in [0.25, 0.3) is 0 Å². The first-order valence-corrected chi connectivity index (χ1v) is 7.98. The molecule has 0 amide bonds. The lowest BCUT2D eigenvalue weighted by Crippen LogP contribution is -2.35. The minimum absolute atomic E-state index is 0.0420. The van der Waals surface area contributed by atoms with Crippen LogP contribution in [0.25, 0.3) is 0 Å². The number of thiophene rings is 1. The van der Waals surface area contributed by atoms with Crippen LogP contribution < -0.4 is 0 Å². The van der Waals surface area contributed by atoms with E-state index in [1.54, 1.807) is 6.07 Å². The molecule has 1 aromatic heterocycles. The normalized spacial score (nSPS) is 12.6. The summed E-state index contributed by atoms with van der Waals surface area (Å²) in [4.78, 5) is 26.3. The molecule has 0 aliphatic heterocycles. The van der Waals surface area contributed by atoms with Gasteiger partial charge in [-0.15, -0.1) is 11.3 Å². The van der Waals surface area contributed by atoms with Crippen LogP contribution in [0.5, 0.6) is 0 Å². The Balaban J connectivity index is 2.77. The van der Waals surface area contributed by atoms with Crippen LogP contribution in [0.15, 0.2) is 17.5 Å². The predicted octanol–water partition coefficient (Wildman–Crippen LogP) is 3.14. The molecule has 0 bridgehead atoms. The number of ketones is 1. The Morgan fingerprint density at radius 2 is 1.95 bits per heavy atom. The van der Waals surface area contributed by atoms with E-state index in [1.165, 1.54) is 11.3 Å². The van der Waals surface area contributed by atoms with Crippen molar-refractivity contribution in [3.63, 3.8) is 0 Å².